The molecule has 0 bridgehead atoms. The lowest BCUT2D eigenvalue weighted by Gasteiger charge is -2.01. The Morgan fingerprint density at radius 2 is 2.23 bits per heavy atom. The molecule has 1 aliphatic rings. The van der Waals surface area contributed by atoms with Gasteiger partial charge >= 0.3 is 5.97 Å². The molecule has 0 aromatic carbocycles. The molecule has 13 heavy (non-hydrogen) atoms. The van der Waals surface area contributed by atoms with Crippen molar-refractivity contribution in [2.75, 3.05) is 0 Å². The summed E-state index contributed by atoms with van der Waals surface area (Å²) in [6, 6.07) is 0. The summed E-state index contributed by atoms with van der Waals surface area (Å²) < 4.78 is 5.14. The van der Waals surface area contributed by atoms with Crippen LogP contribution in [0.25, 0.3) is 0 Å². The number of hydrogen-bond acceptors (Lipinski definition) is 4. The second-order valence-electron chi connectivity index (χ2n) is 2.86. The van der Waals surface area contributed by atoms with E-state index in [0.29, 0.717) is 24.6 Å². The lowest BCUT2D eigenvalue weighted by molar-refractivity contribution is 0.0682. The van der Waals surface area contributed by atoms with Crippen molar-refractivity contribution in [1.82, 2.24) is 9.97 Å². The summed E-state index contributed by atoms with van der Waals surface area (Å²) in [6.45, 7) is 2.64. The molecule has 2 rings (SSSR count). The molecule has 68 valence electrons. The number of ether oxygens (including phenoxy) is 1. The highest BCUT2D eigenvalue weighted by atomic mass is 16.5. The van der Waals surface area contributed by atoms with Crippen LogP contribution in [0.5, 0.6) is 0 Å². The second kappa shape index (κ2) is 2.77. The molecule has 0 saturated carbocycles. The van der Waals surface area contributed by atoms with Crippen molar-refractivity contribution < 1.29 is 14.6 Å². The fraction of sp³-hybridized carbons (Fsp3) is 0.375. The zero-order valence-electron chi connectivity index (χ0n) is 7.07. The summed E-state index contributed by atoms with van der Waals surface area (Å²) >= 11 is 0. The number of fused-ring (bicyclic) bond motifs is 1. The van der Waals surface area contributed by atoms with Crippen molar-refractivity contribution in [2.45, 2.75) is 20.1 Å². The Balaban J connectivity index is 2.55. The molecule has 1 aliphatic heterocycles. The van der Waals surface area contributed by atoms with Crippen molar-refractivity contribution in [3.8, 4) is 0 Å². The van der Waals surface area contributed by atoms with Crippen LogP contribution in [-0.2, 0) is 18.0 Å². The second-order valence-corrected chi connectivity index (χ2v) is 2.86. The Kier molecular flexibility index (Phi) is 1.73. The Labute approximate surface area is 74.4 Å². The Bertz CT molecular complexity index is 376. The zero-order chi connectivity index (χ0) is 9.42. The Hall–Kier alpha value is -1.49. The largest absolute Gasteiger partial charge is 0.475 e. The Morgan fingerprint density at radius 3 is 2.92 bits per heavy atom. The molecule has 1 aromatic heterocycles. The van der Waals surface area contributed by atoms with Gasteiger partial charge in [0.05, 0.1) is 18.9 Å². The van der Waals surface area contributed by atoms with Gasteiger partial charge in [0.25, 0.3) is 0 Å². The van der Waals surface area contributed by atoms with E-state index in [1.54, 1.807) is 6.92 Å². The Morgan fingerprint density at radius 1 is 1.46 bits per heavy atom. The highest BCUT2D eigenvalue weighted by molar-refractivity contribution is 5.83. The maximum atomic E-state index is 10.6. The normalized spacial score (nSPS) is 14.2. The number of aryl methyl sites for hydroxylation is 1. The quantitative estimate of drug-likeness (QED) is 0.681. The summed E-state index contributed by atoms with van der Waals surface area (Å²) in [4.78, 5) is 18.3. The molecule has 1 N–H and O–H groups in total. The van der Waals surface area contributed by atoms with E-state index in [2.05, 4.69) is 9.97 Å². The summed E-state index contributed by atoms with van der Waals surface area (Å²) in [5.74, 6) is -1.25. The predicted octanol–water partition coefficient (Wildman–Crippen LogP) is 0.513. The van der Waals surface area contributed by atoms with E-state index in [0.717, 1.165) is 5.56 Å². The van der Waals surface area contributed by atoms with Gasteiger partial charge in [-0.1, -0.05) is 0 Å². The van der Waals surface area contributed by atoms with Crippen molar-refractivity contribution in [1.29, 1.82) is 0 Å². The first-order valence-corrected chi connectivity index (χ1v) is 3.86. The van der Waals surface area contributed by atoms with Crippen LogP contribution in [0, 0.1) is 6.92 Å². The fourth-order valence-corrected chi connectivity index (χ4v) is 1.31. The molecule has 2 heterocycles. The maximum absolute atomic E-state index is 10.6. The third kappa shape index (κ3) is 1.27. The van der Waals surface area contributed by atoms with E-state index >= 15 is 0 Å². The molecule has 0 spiro atoms. The standard InChI is InChI=1S/C8H8N2O3/c1-4-5-2-13-3-6(5)10-7(9-4)8(11)12/h2-3H2,1H3,(H,11,12). The van der Waals surface area contributed by atoms with Gasteiger partial charge in [0.1, 0.15) is 0 Å². The van der Waals surface area contributed by atoms with Crippen molar-refractivity contribution in [3.05, 3.63) is 22.8 Å². The van der Waals surface area contributed by atoms with Crippen LogP contribution in [-0.4, -0.2) is 21.0 Å². The minimum atomic E-state index is -1.10. The molecule has 0 atom stereocenters. The third-order valence-electron chi connectivity index (χ3n) is 1.98. The molecule has 0 unspecified atom stereocenters. The number of aromatic carboxylic acids is 1. The van der Waals surface area contributed by atoms with E-state index in [1.807, 2.05) is 0 Å². The van der Waals surface area contributed by atoms with Crippen LogP contribution < -0.4 is 0 Å². The molecule has 0 aliphatic carbocycles. The maximum Gasteiger partial charge on any atom is 0.373 e. The van der Waals surface area contributed by atoms with E-state index in [9.17, 15) is 4.79 Å². The first-order valence-electron chi connectivity index (χ1n) is 3.86. The van der Waals surface area contributed by atoms with Crippen LogP contribution in [0.2, 0.25) is 0 Å². The molecular weight excluding hydrogens is 172 g/mol. The van der Waals surface area contributed by atoms with E-state index in [4.69, 9.17) is 9.84 Å². The summed E-state index contributed by atoms with van der Waals surface area (Å²) in [5, 5.41) is 8.67. The lowest BCUT2D eigenvalue weighted by atomic mass is 10.2. The monoisotopic (exact) mass is 180 g/mol. The van der Waals surface area contributed by atoms with Crippen LogP contribution in [0.1, 0.15) is 27.6 Å². The van der Waals surface area contributed by atoms with Gasteiger partial charge in [-0.15, -0.1) is 0 Å². The van der Waals surface area contributed by atoms with E-state index in [1.165, 1.54) is 0 Å². The van der Waals surface area contributed by atoms with Crippen LogP contribution in [0.3, 0.4) is 0 Å². The number of carboxylic acids is 1. The van der Waals surface area contributed by atoms with Gasteiger partial charge in [0.15, 0.2) is 0 Å². The zero-order valence-corrected chi connectivity index (χ0v) is 7.07. The fourth-order valence-electron chi connectivity index (χ4n) is 1.31. The minimum absolute atomic E-state index is 0.151. The van der Waals surface area contributed by atoms with Gasteiger partial charge < -0.3 is 9.84 Å². The van der Waals surface area contributed by atoms with Crippen LogP contribution in [0.15, 0.2) is 0 Å². The number of rotatable bonds is 1. The number of aromatic nitrogens is 2. The van der Waals surface area contributed by atoms with Crippen molar-refractivity contribution in [3.63, 3.8) is 0 Å². The number of carbonyl (C=O) groups is 1. The topological polar surface area (TPSA) is 72.3 Å². The van der Waals surface area contributed by atoms with Gasteiger partial charge in [-0.2, -0.15) is 0 Å². The summed E-state index contributed by atoms with van der Waals surface area (Å²) in [7, 11) is 0. The smallest absolute Gasteiger partial charge is 0.373 e. The molecular formula is C8H8N2O3. The molecule has 0 radical (unpaired) electrons. The van der Waals surface area contributed by atoms with Gasteiger partial charge in [-0.3, -0.25) is 0 Å². The van der Waals surface area contributed by atoms with Gasteiger partial charge in [-0.05, 0) is 6.92 Å². The highest BCUT2D eigenvalue weighted by Crippen LogP contribution is 2.19. The number of nitrogens with zero attached hydrogens (tertiary/aromatic N) is 2. The number of hydrogen-bond donors (Lipinski definition) is 1. The van der Waals surface area contributed by atoms with Crippen LogP contribution in [0.4, 0.5) is 0 Å². The van der Waals surface area contributed by atoms with Crippen molar-refractivity contribution >= 4 is 5.97 Å². The first kappa shape index (κ1) is 8.12. The van der Waals surface area contributed by atoms with Crippen molar-refractivity contribution in [2.24, 2.45) is 0 Å². The molecule has 0 fully saturated rings. The number of carboxylic acid groups (broad SMARTS) is 1. The summed E-state index contributed by atoms with van der Waals surface area (Å²) in [5.41, 5.74) is 2.31. The molecule has 0 saturated heterocycles. The molecule has 5 nitrogen and oxygen atoms in total. The summed E-state index contributed by atoms with van der Waals surface area (Å²) in [6.07, 6.45) is 0. The van der Waals surface area contributed by atoms with Gasteiger partial charge in [-0.25, -0.2) is 14.8 Å². The van der Waals surface area contributed by atoms with E-state index in [-0.39, 0.29) is 5.82 Å². The molecule has 0 amide bonds. The van der Waals surface area contributed by atoms with Gasteiger partial charge in [0.2, 0.25) is 5.82 Å². The average Bonchev–Trinajstić information content (AvgIpc) is 2.51. The minimum Gasteiger partial charge on any atom is -0.475 e. The van der Waals surface area contributed by atoms with Crippen LogP contribution >= 0.6 is 0 Å². The predicted molar refractivity (Wildman–Crippen MR) is 42.2 cm³/mol. The van der Waals surface area contributed by atoms with Gasteiger partial charge in [0, 0.05) is 11.3 Å². The molecule has 5 heteroatoms. The SMILES string of the molecule is Cc1nc(C(=O)O)nc2c1COC2. The average molecular weight is 180 g/mol. The lowest BCUT2D eigenvalue weighted by Crippen LogP contribution is -2.08. The highest BCUT2D eigenvalue weighted by Gasteiger charge is 2.19. The van der Waals surface area contributed by atoms with E-state index < -0.39 is 5.97 Å². The first-order chi connectivity index (χ1) is 6.18. The molecule has 1 aromatic rings. The third-order valence-corrected chi connectivity index (χ3v) is 1.98.